The van der Waals surface area contributed by atoms with Crippen molar-refractivity contribution in [2.24, 2.45) is 0 Å². The van der Waals surface area contributed by atoms with E-state index in [0.717, 1.165) is 5.56 Å². The van der Waals surface area contributed by atoms with Crippen LogP contribution < -0.4 is 0 Å². The summed E-state index contributed by atoms with van der Waals surface area (Å²) in [6, 6.07) is 14.4. The lowest BCUT2D eigenvalue weighted by atomic mass is 10.1. The second-order valence-corrected chi connectivity index (χ2v) is 6.72. The molecule has 27 heavy (non-hydrogen) atoms. The predicted octanol–water partition coefficient (Wildman–Crippen LogP) is 4.94. The van der Waals surface area contributed by atoms with E-state index in [9.17, 15) is 9.18 Å². The van der Waals surface area contributed by atoms with Gasteiger partial charge in [-0.2, -0.15) is 0 Å². The second kappa shape index (κ2) is 8.77. The zero-order chi connectivity index (χ0) is 19.2. The lowest BCUT2D eigenvalue weighted by Gasteiger charge is -2.11. The Hall–Kier alpha value is -2.73. The molecule has 138 valence electrons. The Bertz CT molecular complexity index is 967. The van der Waals surface area contributed by atoms with Crippen molar-refractivity contribution in [3.05, 3.63) is 88.2 Å². The first kappa shape index (κ1) is 19.0. The zero-order valence-electron chi connectivity index (χ0n) is 14.7. The van der Waals surface area contributed by atoms with E-state index in [1.165, 1.54) is 12.1 Å². The zero-order valence-corrected chi connectivity index (χ0v) is 16.3. The summed E-state index contributed by atoms with van der Waals surface area (Å²) in [5, 5.41) is 0. The Balaban J connectivity index is 2.05. The van der Waals surface area contributed by atoms with Gasteiger partial charge in [0.2, 0.25) is 0 Å². The van der Waals surface area contributed by atoms with E-state index in [2.05, 4.69) is 20.9 Å². The van der Waals surface area contributed by atoms with E-state index < -0.39 is 11.8 Å². The minimum Gasteiger partial charge on any atom is -0.462 e. The van der Waals surface area contributed by atoms with E-state index in [-0.39, 0.29) is 17.7 Å². The quantitative estimate of drug-likeness (QED) is 0.412. The molecule has 1 aromatic heterocycles. The van der Waals surface area contributed by atoms with Crippen LogP contribution in [0.5, 0.6) is 0 Å². The highest BCUT2D eigenvalue weighted by Crippen LogP contribution is 2.23. The molecule has 0 unspecified atom stereocenters. The number of benzene rings is 2. The average Bonchev–Trinajstić information content (AvgIpc) is 3.11. The van der Waals surface area contributed by atoms with Crippen molar-refractivity contribution in [2.75, 3.05) is 6.61 Å². The Morgan fingerprint density at radius 1 is 1.26 bits per heavy atom. The molecule has 0 saturated carbocycles. The fraction of sp³-hybridized carbons (Fsp3) is 0.143. The maximum absolute atomic E-state index is 14.2. The number of hydrogen-bond acceptors (Lipinski definition) is 3. The largest absolute Gasteiger partial charge is 0.462 e. The fourth-order valence-electron chi connectivity index (χ4n) is 2.67. The van der Waals surface area contributed by atoms with Crippen molar-refractivity contribution in [3.8, 4) is 0 Å². The number of esters is 1. The highest BCUT2D eigenvalue weighted by molar-refractivity contribution is 9.10. The molecule has 0 bridgehead atoms. The third-order valence-electron chi connectivity index (χ3n) is 3.91. The molecule has 0 saturated heterocycles. The van der Waals surface area contributed by atoms with Crippen LogP contribution >= 0.6 is 15.9 Å². The number of hydrogen-bond donors (Lipinski definition) is 0. The number of imidazole rings is 1. The van der Waals surface area contributed by atoms with E-state index in [4.69, 9.17) is 4.74 Å². The Labute approximate surface area is 165 Å². The van der Waals surface area contributed by atoms with Gasteiger partial charge in [-0.1, -0.05) is 46.3 Å². The number of rotatable bonds is 6. The van der Waals surface area contributed by atoms with Crippen LogP contribution in [0, 0.1) is 5.82 Å². The van der Waals surface area contributed by atoms with Gasteiger partial charge < -0.3 is 9.30 Å². The molecule has 0 aliphatic carbocycles. The van der Waals surface area contributed by atoms with Gasteiger partial charge in [0.05, 0.1) is 6.61 Å². The SMILES string of the molecule is CCOC(=O)C(=Cc1cc(Br)ccc1F)c1nccn1Cc1ccccc1. The van der Waals surface area contributed by atoms with Crippen LogP contribution in [-0.2, 0) is 16.1 Å². The van der Waals surface area contributed by atoms with Crippen LogP contribution in [0.2, 0.25) is 0 Å². The van der Waals surface area contributed by atoms with Gasteiger partial charge in [0, 0.05) is 29.0 Å². The van der Waals surface area contributed by atoms with Crippen LogP contribution in [-0.4, -0.2) is 22.1 Å². The van der Waals surface area contributed by atoms with Crippen LogP contribution in [0.15, 0.2) is 65.4 Å². The molecular weight excluding hydrogens is 411 g/mol. The monoisotopic (exact) mass is 428 g/mol. The number of carbonyl (C=O) groups excluding carboxylic acids is 1. The van der Waals surface area contributed by atoms with Gasteiger partial charge in [-0.25, -0.2) is 14.2 Å². The number of ether oxygens (including phenoxy) is 1. The highest BCUT2D eigenvalue weighted by atomic mass is 79.9. The second-order valence-electron chi connectivity index (χ2n) is 5.81. The molecule has 0 fully saturated rings. The molecule has 0 radical (unpaired) electrons. The lowest BCUT2D eigenvalue weighted by Crippen LogP contribution is -2.12. The summed E-state index contributed by atoms with van der Waals surface area (Å²) in [5.41, 5.74) is 1.55. The number of halogens is 2. The van der Waals surface area contributed by atoms with E-state index in [0.29, 0.717) is 16.8 Å². The lowest BCUT2D eigenvalue weighted by molar-refractivity contribution is -0.136. The number of carbonyl (C=O) groups is 1. The van der Waals surface area contributed by atoms with Gasteiger partial charge in [0.1, 0.15) is 17.2 Å². The summed E-state index contributed by atoms with van der Waals surface area (Å²) >= 11 is 3.33. The van der Waals surface area contributed by atoms with Gasteiger partial charge >= 0.3 is 5.97 Å². The molecule has 0 aliphatic rings. The van der Waals surface area contributed by atoms with Crippen molar-refractivity contribution in [1.29, 1.82) is 0 Å². The standard InChI is InChI=1S/C21H18BrFN2O2/c1-2-27-21(26)18(13-16-12-17(22)8-9-19(16)23)20-24-10-11-25(20)14-15-6-4-3-5-7-15/h3-13H,2,14H2,1H3. The molecular formula is C21H18BrFN2O2. The van der Waals surface area contributed by atoms with Crippen molar-refractivity contribution in [3.63, 3.8) is 0 Å². The number of nitrogens with zero attached hydrogens (tertiary/aromatic N) is 2. The fourth-order valence-corrected chi connectivity index (χ4v) is 3.04. The topological polar surface area (TPSA) is 44.1 Å². The number of aromatic nitrogens is 2. The maximum Gasteiger partial charge on any atom is 0.341 e. The molecule has 6 heteroatoms. The van der Waals surface area contributed by atoms with Crippen molar-refractivity contribution in [1.82, 2.24) is 9.55 Å². The summed E-state index contributed by atoms with van der Waals surface area (Å²) in [4.78, 5) is 16.9. The molecule has 0 N–H and O–H groups in total. The molecule has 0 atom stereocenters. The smallest absolute Gasteiger partial charge is 0.341 e. The Kier molecular flexibility index (Phi) is 6.19. The van der Waals surface area contributed by atoms with E-state index in [1.807, 2.05) is 34.9 Å². The average molecular weight is 429 g/mol. The highest BCUT2D eigenvalue weighted by Gasteiger charge is 2.19. The molecule has 0 amide bonds. The Morgan fingerprint density at radius 2 is 2.04 bits per heavy atom. The summed E-state index contributed by atoms with van der Waals surface area (Å²) in [7, 11) is 0. The molecule has 1 heterocycles. The van der Waals surface area contributed by atoms with Gasteiger partial charge in [0.25, 0.3) is 0 Å². The van der Waals surface area contributed by atoms with Gasteiger partial charge in [-0.05, 0) is 36.8 Å². The minimum absolute atomic E-state index is 0.204. The minimum atomic E-state index is -0.544. The van der Waals surface area contributed by atoms with Gasteiger partial charge in [0.15, 0.2) is 0 Å². The third-order valence-corrected chi connectivity index (χ3v) is 4.40. The van der Waals surface area contributed by atoms with Crippen molar-refractivity contribution >= 4 is 33.5 Å². The first-order valence-corrected chi connectivity index (χ1v) is 9.27. The van der Waals surface area contributed by atoms with Gasteiger partial charge in [-0.15, -0.1) is 0 Å². The molecule has 0 aliphatic heterocycles. The predicted molar refractivity (Wildman–Crippen MR) is 106 cm³/mol. The summed E-state index contributed by atoms with van der Waals surface area (Å²) in [6.45, 7) is 2.48. The molecule has 0 spiro atoms. The van der Waals surface area contributed by atoms with E-state index in [1.54, 1.807) is 31.5 Å². The first-order chi connectivity index (χ1) is 13.1. The van der Waals surface area contributed by atoms with Crippen LogP contribution in [0.25, 0.3) is 11.6 Å². The molecule has 3 aromatic rings. The van der Waals surface area contributed by atoms with E-state index >= 15 is 0 Å². The normalized spacial score (nSPS) is 11.4. The van der Waals surface area contributed by atoms with Gasteiger partial charge in [-0.3, -0.25) is 0 Å². The third kappa shape index (κ3) is 4.71. The van der Waals surface area contributed by atoms with Crippen LogP contribution in [0.1, 0.15) is 23.9 Å². The van der Waals surface area contributed by atoms with Crippen LogP contribution in [0.4, 0.5) is 4.39 Å². The molecule has 4 nitrogen and oxygen atoms in total. The summed E-state index contributed by atoms with van der Waals surface area (Å²) in [6.07, 6.45) is 4.87. The molecule has 2 aromatic carbocycles. The van der Waals surface area contributed by atoms with Crippen molar-refractivity contribution in [2.45, 2.75) is 13.5 Å². The summed E-state index contributed by atoms with van der Waals surface area (Å²) in [5.74, 6) is -0.546. The molecule has 3 rings (SSSR count). The Morgan fingerprint density at radius 3 is 2.78 bits per heavy atom. The maximum atomic E-state index is 14.2. The van der Waals surface area contributed by atoms with Crippen molar-refractivity contribution < 1.29 is 13.9 Å². The summed E-state index contributed by atoms with van der Waals surface area (Å²) < 4.78 is 22.0. The van der Waals surface area contributed by atoms with Crippen LogP contribution in [0.3, 0.4) is 0 Å². The first-order valence-electron chi connectivity index (χ1n) is 8.47.